The smallest absolute Gasteiger partial charge is 0.131 e. The van der Waals surface area contributed by atoms with Crippen molar-refractivity contribution in [3.63, 3.8) is 0 Å². The molecule has 0 amide bonds. The molecule has 6 nitrogen and oxygen atoms in total. The number of ether oxygens (including phenoxy) is 1. The molecule has 0 saturated heterocycles. The van der Waals surface area contributed by atoms with Gasteiger partial charge in [-0.1, -0.05) is 62.6 Å². The van der Waals surface area contributed by atoms with E-state index in [2.05, 4.69) is 58.7 Å². The van der Waals surface area contributed by atoms with E-state index in [1.807, 2.05) is 43.4 Å². The number of anilines is 1. The number of nitrogen functional groups attached to an aromatic ring is 1. The lowest BCUT2D eigenvalue weighted by atomic mass is 9.89. The molecule has 0 aliphatic heterocycles. The van der Waals surface area contributed by atoms with Crippen LogP contribution in [0.1, 0.15) is 55.7 Å². The minimum absolute atomic E-state index is 0.607. The zero-order valence-electron chi connectivity index (χ0n) is 24.4. The fourth-order valence-corrected chi connectivity index (χ4v) is 5.28. The summed E-state index contributed by atoms with van der Waals surface area (Å²) in [4.78, 5) is 6.06. The first-order valence-corrected chi connectivity index (χ1v) is 15.3. The van der Waals surface area contributed by atoms with Crippen molar-refractivity contribution in [1.82, 2.24) is 15.4 Å². The van der Waals surface area contributed by atoms with Gasteiger partial charge in [0.25, 0.3) is 0 Å². The van der Waals surface area contributed by atoms with E-state index in [4.69, 9.17) is 15.5 Å². The Balaban J connectivity index is 0.000000336. The third-order valence-corrected chi connectivity index (χ3v) is 7.85. The topological polar surface area (TPSA) is 83.7 Å². The quantitative estimate of drug-likeness (QED) is 0.0668. The summed E-state index contributed by atoms with van der Waals surface area (Å²) in [6.07, 6.45) is 8.84. The van der Waals surface area contributed by atoms with Gasteiger partial charge in [-0.25, -0.2) is 0 Å². The van der Waals surface area contributed by atoms with E-state index < -0.39 is 0 Å². The van der Waals surface area contributed by atoms with Gasteiger partial charge in [-0.15, -0.1) is 0 Å². The van der Waals surface area contributed by atoms with Gasteiger partial charge in [0.2, 0.25) is 0 Å². The third-order valence-electron chi connectivity index (χ3n) is 7.14. The molecule has 0 unspecified atom stereocenters. The van der Waals surface area contributed by atoms with Crippen LogP contribution in [0.3, 0.4) is 0 Å². The van der Waals surface area contributed by atoms with Crippen LogP contribution in [0.15, 0.2) is 82.7 Å². The summed E-state index contributed by atoms with van der Waals surface area (Å²) in [5.41, 5.74) is 10.6. The van der Waals surface area contributed by atoms with Gasteiger partial charge in [0.05, 0.1) is 13.8 Å². The highest BCUT2D eigenvalue weighted by molar-refractivity contribution is 7.97. The molecule has 1 fully saturated rings. The maximum Gasteiger partial charge on any atom is 0.131 e. The second-order valence-electron chi connectivity index (χ2n) is 10.0. The Morgan fingerprint density at radius 3 is 2.30 bits per heavy atom. The zero-order chi connectivity index (χ0) is 28.4. The maximum atomic E-state index is 6.20. The lowest BCUT2D eigenvalue weighted by Gasteiger charge is -2.21. The first-order chi connectivity index (χ1) is 19.6. The minimum Gasteiger partial charge on any atom is -0.497 e. The molecule has 216 valence electrons. The molecule has 1 saturated carbocycles. The van der Waals surface area contributed by atoms with Crippen LogP contribution in [0.2, 0.25) is 0 Å². The number of para-hydroxylation sites is 1. The number of aryl methyl sites for hydroxylation is 1. The second-order valence-corrected chi connectivity index (χ2v) is 11.1. The van der Waals surface area contributed by atoms with Crippen molar-refractivity contribution >= 4 is 23.5 Å². The molecule has 7 heteroatoms. The fraction of sp³-hybridized carbons (Fsp3) is 0.424. The highest BCUT2D eigenvalue weighted by Gasteiger charge is 2.12. The van der Waals surface area contributed by atoms with Crippen molar-refractivity contribution in [1.29, 1.82) is 0 Å². The standard InChI is InChI=1S/C24H34N4O.C9H13NS/c1-29-21-13-11-19(12-14-21)15-16-27-24(22-9-5-6-10-23(22)25)28-18-26-17-20-7-3-2-4-8-20;1-3-8-4-6-9(7-5-8)11-10-2/h5-6,9-14,20,26H,2-4,7-8,15-18,25H2,1H3,(H,27,28);4-7,10H,3H2,1-2H3. The number of rotatable bonds is 12. The predicted molar refractivity (Wildman–Crippen MR) is 172 cm³/mol. The van der Waals surface area contributed by atoms with Crippen molar-refractivity contribution in [2.75, 3.05) is 39.6 Å². The normalized spacial score (nSPS) is 13.8. The van der Waals surface area contributed by atoms with Gasteiger partial charge in [0, 0.05) is 22.7 Å². The SMILES string of the molecule is CCc1ccc(SNC)cc1.COc1ccc(CCN/C(=N/CNCC2CCCCC2)c2ccccc2N)cc1. The van der Waals surface area contributed by atoms with Crippen LogP contribution in [0.5, 0.6) is 5.75 Å². The van der Waals surface area contributed by atoms with Gasteiger partial charge in [-0.2, -0.15) is 0 Å². The van der Waals surface area contributed by atoms with Gasteiger partial charge < -0.3 is 15.8 Å². The molecule has 5 N–H and O–H groups in total. The summed E-state index contributed by atoms with van der Waals surface area (Å²) in [5.74, 6) is 2.53. The van der Waals surface area contributed by atoms with E-state index in [1.54, 1.807) is 19.1 Å². The van der Waals surface area contributed by atoms with Gasteiger partial charge >= 0.3 is 0 Å². The molecule has 0 radical (unpaired) electrons. The summed E-state index contributed by atoms with van der Waals surface area (Å²) in [6, 6.07) is 24.7. The molecule has 40 heavy (non-hydrogen) atoms. The van der Waals surface area contributed by atoms with E-state index in [9.17, 15) is 0 Å². The van der Waals surface area contributed by atoms with Crippen molar-refractivity contribution in [2.24, 2.45) is 10.9 Å². The average molecular weight is 562 g/mol. The van der Waals surface area contributed by atoms with E-state index in [-0.39, 0.29) is 0 Å². The number of amidine groups is 1. The van der Waals surface area contributed by atoms with E-state index in [1.165, 1.54) is 48.1 Å². The monoisotopic (exact) mass is 561 g/mol. The molecule has 3 aromatic rings. The second kappa shape index (κ2) is 18.4. The molecule has 0 spiro atoms. The van der Waals surface area contributed by atoms with Crippen molar-refractivity contribution in [3.8, 4) is 5.75 Å². The number of aliphatic imine (C=N–C) groups is 1. The van der Waals surface area contributed by atoms with Crippen LogP contribution in [-0.4, -0.2) is 39.8 Å². The number of hydrogen-bond acceptors (Lipinski definition) is 6. The molecule has 1 aliphatic carbocycles. The Bertz CT molecular complexity index is 1130. The maximum absolute atomic E-state index is 6.20. The summed E-state index contributed by atoms with van der Waals surface area (Å²) in [5, 5.41) is 7.00. The van der Waals surface area contributed by atoms with Gasteiger partial charge in [0.15, 0.2) is 0 Å². The van der Waals surface area contributed by atoms with E-state index in [0.717, 1.165) is 54.7 Å². The first-order valence-electron chi connectivity index (χ1n) is 14.5. The first kappa shape index (κ1) is 31.5. The number of benzene rings is 3. The van der Waals surface area contributed by atoms with E-state index in [0.29, 0.717) is 6.67 Å². The summed E-state index contributed by atoms with van der Waals surface area (Å²) in [6.45, 7) is 4.62. The molecular weight excluding hydrogens is 514 g/mol. The molecule has 3 aromatic carbocycles. The Morgan fingerprint density at radius 1 is 0.950 bits per heavy atom. The summed E-state index contributed by atoms with van der Waals surface area (Å²) >= 11 is 1.64. The Morgan fingerprint density at radius 2 is 1.65 bits per heavy atom. The summed E-state index contributed by atoms with van der Waals surface area (Å²) in [7, 11) is 3.62. The Kier molecular flexibility index (Phi) is 14.5. The number of hydrogen-bond donors (Lipinski definition) is 4. The Hall–Kier alpha value is -3.00. The molecule has 0 heterocycles. The predicted octanol–water partition coefficient (Wildman–Crippen LogP) is 6.46. The number of nitrogens with one attached hydrogen (secondary N) is 3. The molecular formula is C33H47N5OS. The van der Waals surface area contributed by atoms with Crippen molar-refractivity contribution in [2.45, 2.75) is 56.8 Å². The van der Waals surface area contributed by atoms with Crippen molar-refractivity contribution in [3.05, 3.63) is 89.5 Å². The zero-order valence-corrected chi connectivity index (χ0v) is 25.2. The highest BCUT2D eigenvalue weighted by atomic mass is 32.2. The van der Waals surface area contributed by atoms with Crippen LogP contribution in [0, 0.1) is 5.92 Å². The molecule has 0 atom stereocenters. The van der Waals surface area contributed by atoms with Crippen LogP contribution >= 0.6 is 11.9 Å². The molecule has 0 aromatic heterocycles. The number of methoxy groups -OCH3 is 1. The Labute approximate surface area is 245 Å². The van der Waals surface area contributed by atoms with Crippen molar-refractivity contribution < 1.29 is 4.74 Å². The van der Waals surface area contributed by atoms with Crippen LogP contribution in [-0.2, 0) is 12.8 Å². The van der Waals surface area contributed by atoms with Gasteiger partial charge in [-0.3, -0.25) is 15.0 Å². The number of nitrogens with two attached hydrogens (primary N) is 1. The minimum atomic E-state index is 0.607. The van der Waals surface area contributed by atoms with Gasteiger partial charge in [-0.05, 0) is 105 Å². The van der Waals surface area contributed by atoms with Crippen LogP contribution in [0.4, 0.5) is 5.69 Å². The number of nitrogens with zero attached hydrogens (tertiary/aromatic N) is 1. The highest BCUT2D eigenvalue weighted by Crippen LogP contribution is 2.22. The van der Waals surface area contributed by atoms with Gasteiger partial charge in [0.1, 0.15) is 11.6 Å². The fourth-order valence-electron chi connectivity index (χ4n) is 4.77. The third kappa shape index (κ3) is 11.2. The lowest BCUT2D eigenvalue weighted by Crippen LogP contribution is -2.30. The van der Waals surface area contributed by atoms with Crippen LogP contribution < -0.4 is 25.8 Å². The molecule has 0 bridgehead atoms. The molecule has 1 aliphatic rings. The molecule has 4 rings (SSSR count). The summed E-state index contributed by atoms with van der Waals surface area (Å²) < 4.78 is 8.26. The largest absolute Gasteiger partial charge is 0.497 e. The van der Waals surface area contributed by atoms with E-state index >= 15 is 0 Å². The lowest BCUT2D eigenvalue weighted by molar-refractivity contribution is 0.344. The van der Waals surface area contributed by atoms with Crippen LogP contribution in [0.25, 0.3) is 0 Å². The average Bonchev–Trinajstić information content (AvgIpc) is 3.00.